The van der Waals surface area contributed by atoms with Crippen molar-refractivity contribution in [2.75, 3.05) is 38.1 Å². The van der Waals surface area contributed by atoms with Crippen molar-refractivity contribution >= 4 is 11.6 Å². The summed E-state index contributed by atoms with van der Waals surface area (Å²) in [5, 5.41) is 16.0. The summed E-state index contributed by atoms with van der Waals surface area (Å²) >= 11 is 0. The SMILES string of the molecule is O=C(Nc1cccc(CN2CCC(CO)CC2)c1)[C@@]12CCCC[C@H]1CNC2. The van der Waals surface area contributed by atoms with Gasteiger partial charge in [0, 0.05) is 25.4 Å². The van der Waals surface area contributed by atoms with Crippen molar-refractivity contribution in [1.82, 2.24) is 10.2 Å². The average molecular weight is 372 g/mol. The summed E-state index contributed by atoms with van der Waals surface area (Å²) in [4.78, 5) is 15.6. The molecule has 3 aliphatic rings. The van der Waals surface area contributed by atoms with E-state index in [1.807, 2.05) is 12.1 Å². The first-order valence-corrected chi connectivity index (χ1v) is 10.6. The molecule has 2 saturated heterocycles. The Bertz CT molecular complexity index is 657. The van der Waals surface area contributed by atoms with Crippen molar-refractivity contribution < 1.29 is 9.90 Å². The van der Waals surface area contributed by atoms with E-state index in [1.54, 1.807) is 0 Å². The van der Waals surface area contributed by atoms with E-state index in [-0.39, 0.29) is 11.3 Å². The van der Waals surface area contributed by atoms with E-state index >= 15 is 0 Å². The predicted molar refractivity (Wildman–Crippen MR) is 107 cm³/mol. The number of rotatable bonds is 5. The molecule has 0 aromatic heterocycles. The van der Waals surface area contributed by atoms with E-state index in [9.17, 15) is 9.90 Å². The Morgan fingerprint density at radius 2 is 2.11 bits per heavy atom. The number of aliphatic hydroxyl groups is 1. The maximum absolute atomic E-state index is 13.2. The highest BCUT2D eigenvalue weighted by molar-refractivity contribution is 5.96. The first-order chi connectivity index (χ1) is 13.2. The second kappa shape index (κ2) is 8.29. The van der Waals surface area contributed by atoms with Crippen LogP contribution >= 0.6 is 0 Å². The highest BCUT2D eigenvalue weighted by Crippen LogP contribution is 2.44. The quantitative estimate of drug-likeness (QED) is 0.744. The molecule has 2 aliphatic heterocycles. The summed E-state index contributed by atoms with van der Waals surface area (Å²) in [5.74, 6) is 1.16. The topological polar surface area (TPSA) is 64.6 Å². The van der Waals surface area contributed by atoms with E-state index < -0.39 is 0 Å². The molecule has 2 atom stereocenters. The number of anilines is 1. The highest BCUT2D eigenvalue weighted by Gasteiger charge is 2.49. The van der Waals surface area contributed by atoms with E-state index in [0.717, 1.165) is 64.1 Å². The lowest BCUT2D eigenvalue weighted by Crippen LogP contribution is -2.44. The second-order valence-corrected chi connectivity index (χ2v) is 8.79. The normalized spacial score (nSPS) is 29.4. The molecule has 148 valence electrons. The van der Waals surface area contributed by atoms with Crippen LogP contribution in [0.3, 0.4) is 0 Å². The van der Waals surface area contributed by atoms with Crippen molar-refractivity contribution in [1.29, 1.82) is 0 Å². The van der Waals surface area contributed by atoms with E-state index in [4.69, 9.17) is 0 Å². The fourth-order valence-electron chi connectivity index (χ4n) is 5.28. The fourth-order valence-corrected chi connectivity index (χ4v) is 5.28. The average Bonchev–Trinajstić information content (AvgIpc) is 3.14. The van der Waals surface area contributed by atoms with Crippen LogP contribution in [0.4, 0.5) is 5.69 Å². The van der Waals surface area contributed by atoms with Crippen LogP contribution in [0.25, 0.3) is 0 Å². The minimum atomic E-state index is -0.208. The minimum Gasteiger partial charge on any atom is -0.396 e. The van der Waals surface area contributed by atoms with Gasteiger partial charge in [-0.15, -0.1) is 0 Å². The third kappa shape index (κ3) is 4.05. The molecule has 0 radical (unpaired) electrons. The first-order valence-electron chi connectivity index (χ1n) is 10.6. The number of nitrogens with zero attached hydrogens (tertiary/aromatic N) is 1. The highest BCUT2D eigenvalue weighted by atomic mass is 16.3. The molecule has 0 unspecified atom stereocenters. The summed E-state index contributed by atoms with van der Waals surface area (Å²) in [6, 6.07) is 8.34. The third-order valence-electron chi connectivity index (χ3n) is 7.05. The molecular formula is C22H33N3O2. The summed E-state index contributed by atoms with van der Waals surface area (Å²) in [6.07, 6.45) is 6.74. The van der Waals surface area contributed by atoms with Gasteiger partial charge in [0.25, 0.3) is 0 Å². The molecule has 4 rings (SSSR count). The Labute approximate surface area is 162 Å². The summed E-state index contributed by atoms with van der Waals surface area (Å²) in [5.41, 5.74) is 1.96. The smallest absolute Gasteiger partial charge is 0.232 e. The summed E-state index contributed by atoms with van der Waals surface area (Å²) < 4.78 is 0. The number of nitrogens with one attached hydrogen (secondary N) is 2. The van der Waals surface area contributed by atoms with Gasteiger partial charge in [-0.1, -0.05) is 25.0 Å². The molecule has 1 saturated carbocycles. The maximum Gasteiger partial charge on any atom is 0.232 e. The van der Waals surface area contributed by atoms with Gasteiger partial charge in [0.1, 0.15) is 0 Å². The number of hydrogen-bond acceptors (Lipinski definition) is 4. The number of piperidine rings is 1. The van der Waals surface area contributed by atoms with Crippen LogP contribution in [-0.4, -0.2) is 48.7 Å². The Kier molecular flexibility index (Phi) is 5.81. The number of aliphatic hydroxyl groups excluding tert-OH is 1. The molecule has 5 nitrogen and oxygen atoms in total. The molecule has 0 spiro atoms. The number of fused-ring (bicyclic) bond motifs is 1. The van der Waals surface area contributed by atoms with Gasteiger partial charge < -0.3 is 15.7 Å². The largest absolute Gasteiger partial charge is 0.396 e. The first kappa shape index (κ1) is 18.9. The van der Waals surface area contributed by atoms with Crippen molar-refractivity contribution in [3.05, 3.63) is 29.8 Å². The zero-order valence-corrected chi connectivity index (χ0v) is 16.3. The molecule has 2 heterocycles. The lowest BCUT2D eigenvalue weighted by Gasteiger charge is -2.37. The summed E-state index contributed by atoms with van der Waals surface area (Å²) in [6.45, 7) is 5.11. The van der Waals surface area contributed by atoms with Crippen LogP contribution < -0.4 is 10.6 Å². The molecule has 1 aromatic rings. The van der Waals surface area contributed by atoms with E-state index in [2.05, 4.69) is 27.7 Å². The molecular weight excluding hydrogens is 338 g/mol. The molecule has 3 N–H and O–H groups in total. The summed E-state index contributed by atoms with van der Waals surface area (Å²) in [7, 11) is 0. The van der Waals surface area contributed by atoms with Gasteiger partial charge in [0.05, 0.1) is 5.41 Å². The molecule has 1 aliphatic carbocycles. The van der Waals surface area contributed by atoms with Crippen molar-refractivity contribution in [3.63, 3.8) is 0 Å². The van der Waals surface area contributed by atoms with Gasteiger partial charge in [0.15, 0.2) is 0 Å². The Balaban J connectivity index is 1.38. The molecule has 1 aromatic carbocycles. The Morgan fingerprint density at radius 3 is 2.93 bits per heavy atom. The molecule has 3 fully saturated rings. The maximum atomic E-state index is 13.2. The monoisotopic (exact) mass is 371 g/mol. The number of likely N-dealkylation sites (tertiary alicyclic amines) is 1. The van der Waals surface area contributed by atoms with Crippen LogP contribution in [0.2, 0.25) is 0 Å². The van der Waals surface area contributed by atoms with Gasteiger partial charge in [-0.25, -0.2) is 0 Å². The molecule has 1 amide bonds. The van der Waals surface area contributed by atoms with Gasteiger partial charge in [-0.3, -0.25) is 9.69 Å². The number of carbonyl (C=O) groups excluding carboxylic acids is 1. The number of hydrogen-bond donors (Lipinski definition) is 3. The number of benzene rings is 1. The lowest BCUT2D eigenvalue weighted by atomic mass is 9.67. The van der Waals surface area contributed by atoms with Crippen LogP contribution in [0, 0.1) is 17.3 Å². The van der Waals surface area contributed by atoms with E-state index in [0.29, 0.717) is 18.4 Å². The zero-order chi connectivity index (χ0) is 18.7. The van der Waals surface area contributed by atoms with Crippen molar-refractivity contribution in [3.8, 4) is 0 Å². The van der Waals surface area contributed by atoms with E-state index in [1.165, 1.54) is 18.4 Å². The predicted octanol–water partition coefficient (Wildman–Crippen LogP) is 2.61. The standard InChI is InChI=1S/C22H33N3O2/c26-15-17-7-10-25(11-8-17)14-18-4-3-6-20(12-18)24-21(27)22-9-2-1-5-19(22)13-23-16-22/h3-4,6,12,17,19,23,26H,1-2,5,7-11,13-16H2,(H,24,27)/t19-,22+/m0/s1. The number of amides is 1. The number of carbonyl (C=O) groups is 1. The van der Waals surface area contributed by atoms with Crippen molar-refractivity contribution in [2.45, 2.75) is 45.1 Å². The van der Waals surface area contributed by atoms with Crippen LogP contribution in [0.15, 0.2) is 24.3 Å². The Morgan fingerprint density at radius 1 is 1.26 bits per heavy atom. The van der Waals surface area contributed by atoms with Crippen LogP contribution in [0.5, 0.6) is 0 Å². The Hall–Kier alpha value is -1.43. The molecule has 5 heteroatoms. The van der Waals surface area contributed by atoms with Gasteiger partial charge >= 0.3 is 0 Å². The molecule has 27 heavy (non-hydrogen) atoms. The van der Waals surface area contributed by atoms with Gasteiger partial charge in [0.2, 0.25) is 5.91 Å². The van der Waals surface area contributed by atoms with Crippen LogP contribution in [0.1, 0.15) is 44.1 Å². The minimum absolute atomic E-state index is 0.207. The molecule has 0 bridgehead atoms. The fraction of sp³-hybridized carbons (Fsp3) is 0.682. The van der Waals surface area contributed by atoms with Gasteiger partial charge in [-0.2, -0.15) is 0 Å². The van der Waals surface area contributed by atoms with Crippen LogP contribution in [-0.2, 0) is 11.3 Å². The third-order valence-corrected chi connectivity index (χ3v) is 7.05. The lowest BCUT2D eigenvalue weighted by molar-refractivity contribution is -0.128. The zero-order valence-electron chi connectivity index (χ0n) is 16.3. The van der Waals surface area contributed by atoms with Crippen molar-refractivity contribution in [2.24, 2.45) is 17.3 Å². The van der Waals surface area contributed by atoms with Gasteiger partial charge in [-0.05, 0) is 74.8 Å². The second-order valence-electron chi connectivity index (χ2n) is 8.79.